The summed E-state index contributed by atoms with van der Waals surface area (Å²) in [5.74, 6) is 0.417. The quantitative estimate of drug-likeness (QED) is 0.688. The van der Waals surface area contributed by atoms with Gasteiger partial charge in [0.25, 0.3) is 5.56 Å². The molecule has 1 saturated carbocycles. The molecule has 2 N–H and O–H groups in total. The first-order chi connectivity index (χ1) is 8.16. The van der Waals surface area contributed by atoms with E-state index in [1.807, 2.05) is 0 Å². The topological polar surface area (TPSA) is 84.3 Å². The van der Waals surface area contributed by atoms with E-state index in [4.69, 9.17) is 4.74 Å². The van der Waals surface area contributed by atoms with E-state index in [9.17, 15) is 14.7 Å². The van der Waals surface area contributed by atoms with Gasteiger partial charge in [0.1, 0.15) is 0 Å². The van der Waals surface area contributed by atoms with Crippen LogP contribution in [0.3, 0.4) is 0 Å². The lowest BCUT2D eigenvalue weighted by molar-refractivity contribution is 0.118. The Morgan fingerprint density at radius 3 is 2.88 bits per heavy atom. The highest BCUT2D eigenvalue weighted by Gasteiger charge is 2.20. The van der Waals surface area contributed by atoms with Crippen LogP contribution in [0.15, 0.2) is 15.7 Å². The molecule has 0 atom stereocenters. The second-order valence-electron chi connectivity index (χ2n) is 4.32. The molecule has 6 nitrogen and oxygen atoms in total. The van der Waals surface area contributed by atoms with E-state index in [1.165, 1.54) is 12.8 Å². The van der Waals surface area contributed by atoms with E-state index in [-0.39, 0.29) is 5.88 Å². The summed E-state index contributed by atoms with van der Waals surface area (Å²) >= 11 is 0. The minimum absolute atomic E-state index is 0.305. The third-order valence-electron chi connectivity index (χ3n) is 2.73. The zero-order valence-electron chi connectivity index (χ0n) is 9.52. The van der Waals surface area contributed by atoms with Crippen molar-refractivity contribution in [3.05, 3.63) is 26.9 Å². The molecule has 0 radical (unpaired) electrons. The van der Waals surface area contributed by atoms with Crippen LogP contribution in [0, 0.1) is 5.92 Å². The molecule has 0 aliphatic heterocycles. The number of nitrogens with one attached hydrogen (secondary N) is 1. The van der Waals surface area contributed by atoms with Crippen LogP contribution in [0.4, 0.5) is 0 Å². The van der Waals surface area contributed by atoms with Crippen molar-refractivity contribution in [2.24, 2.45) is 5.92 Å². The third kappa shape index (κ3) is 3.45. The van der Waals surface area contributed by atoms with Crippen LogP contribution in [0.1, 0.15) is 19.3 Å². The highest BCUT2D eigenvalue weighted by Crippen LogP contribution is 2.28. The van der Waals surface area contributed by atoms with E-state index in [0.717, 1.165) is 23.2 Å². The molecule has 0 spiro atoms. The molecule has 1 aliphatic rings. The first-order valence-corrected chi connectivity index (χ1v) is 5.77. The summed E-state index contributed by atoms with van der Waals surface area (Å²) in [5.41, 5.74) is -1.18. The summed E-state index contributed by atoms with van der Waals surface area (Å²) in [6, 6.07) is 0.993. The van der Waals surface area contributed by atoms with Gasteiger partial charge in [0.05, 0.1) is 6.07 Å². The standard InChI is InChI=1S/C11H16N2O4/c14-9-6-10(15)13(11(16)12-9)4-1-5-17-7-8-2-3-8/h6,8,15H,1-5,7H2,(H,12,14,16). The zero-order valence-corrected chi connectivity index (χ0v) is 9.52. The normalized spacial score (nSPS) is 15.1. The first-order valence-electron chi connectivity index (χ1n) is 5.77. The Balaban J connectivity index is 1.81. The molecule has 1 fully saturated rings. The third-order valence-corrected chi connectivity index (χ3v) is 2.73. The van der Waals surface area contributed by atoms with Crippen molar-refractivity contribution in [2.45, 2.75) is 25.8 Å². The van der Waals surface area contributed by atoms with Crippen LogP contribution < -0.4 is 11.2 Å². The predicted octanol–water partition coefficient (Wildman–Crippen LogP) is 0.0589. The van der Waals surface area contributed by atoms with E-state index in [1.54, 1.807) is 0 Å². The Bertz CT molecular complexity index is 487. The van der Waals surface area contributed by atoms with E-state index in [2.05, 4.69) is 4.98 Å². The number of aromatic hydroxyl groups is 1. The molecule has 0 saturated heterocycles. The number of H-pyrrole nitrogens is 1. The molecule has 0 unspecified atom stereocenters. The van der Waals surface area contributed by atoms with Crippen LogP contribution in [0.25, 0.3) is 0 Å². The molecule has 1 aliphatic carbocycles. The smallest absolute Gasteiger partial charge is 0.331 e. The second kappa shape index (κ2) is 5.18. The molecule has 1 aromatic rings. The van der Waals surface area contributed by atoms with Gasteiger partial charge in [-0.1, -0.05) is 0 Å². The van der Waals surface area contributed by atoms with Crippen molar-refractivity contribution < 1.29 is 9.84 Å². The van der Waals surface area contributed by atoms with Crippen LogP contribution >= 0.6 is 0 Å². The van der Waals surface area contributed by atoms with Crippen molar-refractivity contribution in [1.82, 2.24) is 9.55 Å². The van der Waals surface area contributed by atoms with Crippen LogP contribution in [0.2, 0.25) is 0 Å². The average Bonchev–Trinajstić information content (AvgIpc) is 3.04. The molecule has 1 heterocycles. The summed E-state index contributed by atoms with van der Waals surface area (Å²) in [7, 11) is 0. The molecule has 0 aromatic carbocycles. The largest absolute Gasteiger partial charge is 0.494 e. The number of hydrogen-bond acceptors (Lipinski definition) is 4. The molecular formula is C11H16N2O4. The van der Waals surface area contributed by atoms with Crippen molar-refractivity contribution in [3.8, 4) is 5.88 Å². The van der Waals surface area contributed by atoms with Gasteiger partial charge in [-0.05, 0) is 25.2 Å². The van der Waals surface area contributed by atoms with Gasteiger partial charge in [0, 0.05) is 19.8 Å². The fourth-order valence-electron chi connectivity index (χ4n) is 1.58. The number of aromatic amines is 1. The fourth-order valence-corrected chi connectivity index (χ4v) is 1.58. The Hall–Kier alpha value is -1.56. The van der Waals surface area contributed by atoms with E-state index < -0.39 is 11.2 Å². The average molecular weight is 240 g/mol. The maximum absolute atomic E-state index is 11.3. The lowest BCUT2D eigenvalue weighted by Gasteiger charge is -2.07. The number of aromatic nitrogens is 2. The number of rotatable bonds is 6. The van der Waals surface area contributed by atoms with Gasteiger partial charge in [0.2, 0.25) is 5.88 Å². The summed E-state index contributed by atoms with van der Waals surface area (Å²) in [6.07, 6.45) is 3.13. The fraction of sp³-hybridized carbons (Fsp3) is 0.636. The highest BCUT2D eigenvalue weighted by molar-refractivity contribution is 5.05. The molecule has 17 heavy (non-hydrogen) atoms. The monoisotopic (exact) mass is 240 g/mol. The van der Waals surface area contributed by atoms with Crippen LogP contribution in [-0.2, 0) is 11.3 Å². The summed E-state index contributed by atoms with van der Waals surface area (Å²) in [4.78, 5) is 24.3. The van der Waals surface area contributed by atoms with E-state index >= 15 is 0 Å². The van der Waals surface area contributed by atoms with Gasteiger partial charge >= 0.3 is 5.69 Å². The maximum Gasteiger partial charge on any atom is 0.331 e. The van der Waals surface area contributed by atoms with Crippen LogP contribution in [0.5, 0.6) is 5.88 Å². The Morgan fingerprint density at radius 2 is 2.24 bits per heavy atom. The van der Waals surface area contributed by atoms with Crippen molar-refractivity contribution in [2.75, 3.05) is 13.2 Å². The molecule has 2 rings (SSSR count). The molecule has 0 amide bonds. The lowest BCUT2D eigenvalue weighted by atomic mass is 10.4. The van der Waals surface area contributed by atoms with Crippen molar-refractivity contribution in [3.63, 3.8) is 0 Å². The molecule has 1 aromatic heterocycles. The molecule has 0 bridgehead atoms. The Morgan fingerprint density at radius 1 is 1.47 bits per heavy atom. The number of ether oxygens (including phenoxy) is 1. The summed E-state index contributed by atoms with van der Waals surface area (Å²) in [5, 5.41) is 9.43. The Kier molecular flexibility index (Phi) is 3.63. The number of hydrogen-bond donors (Lipinski definition) is 2. The zero-order chi connectivity index (χ0) is 12.3. The van der Waals surface area contributed by atoms with Gasteiger partial charge < -0.3 is 9.84 Å². The second-order valence-corrected chi connectivity index (χ2v) is 4.32. The van der Waals surface area contributed by atoms with Gasteiger partial charge in [-0.15, -0.1) is 0 Å². The van der Waals surface area contributed by atoms with E-state index in [0.29, 0.717) is 19.6 Å². The highest BCUT2D eigenvalue weighted by atomic mass is 16.5. The molecule has 94 valence electrons. The predicted molar refractivity (Wildman–Crippen MR) is 61.1 cm³/mol. The van der Waals surface area contributed by atoms with Gasteiger partial charge in [-0.25, -0.2) is 4.79 Å². The van der Waals surface area contributed by atoms with Gasteiger partial charge in [-0.2, -0.15) is 0 Å². The summed E-state index contributed by atoms with van der Waals surface area (Å²) < 4.78 is 6.54. The van der Waals surface area contributed by atoms with Crippen molar-refractivity contribution >= 4 is 0 Å². The SMILES string of the molecule is O=c1cc(O)n(CCCOCC2CC2)c(=O)[nH]1. The van der Waals surface area contributed by atoms with Crippen LogP contribution in [-0.4, -0.2) is 27.9 Å². The lowest BCUT2D eigenvalue weighted by Crippen LogP contribution is -2.29. The maximum atomic E-state index is 11.3. The summed E-state index contributed by atoms with van der Waals surface area (Å²) in [6.45, 7) is 1.68. The Labute approximate surface area is 97.9 Å². The first kappa shape index (κ1) is 11.9. The van der Waals surface area contributed by atoms with Crippen molar-refractivity contribution in [1.29, 1.82) is 0 Å². The van der Waals surface area contributed by atoms with Gasteiger partial charge in [0.15, 0.2) is 0 Å². The molecular weight excluding hydrogens is 224 g/mol. The minimum Gasteiger partial charge on any atom is -0.494 e. The minimum atomic E-state index is -0.589. The molecule has 6 heteroatoms. The number of nitrogens with zero attached hydrogens (tertiary/aromatic N) is 1. The van der Waals surface area contributed by atoms with Gasteiger partial charge in [-0.3, -0.25) is 14.3 Å².